The Morgan fingerprint density at radius 1 is 1.16 bits per heavy atom. The Bertz CT molecular complexity index is 559. The number of aromatic nitrogens is 1. The molecule has 0 amide bonds. The Kier molecular flexibility index (Phi) is 3.65. The molecule has 0 atom stereocenters. The Morgan fingerprint density at radius 2 is 1.84 bits per heavy atom. The van der Waals surface area contributed by atoms with Gasteiger partial charge in [0.2, 0.25) is 0 Å². The number of nitrogens with zero attached hydrogens (tertiary/aromatic N) is 1. The zero-order valence-electron chi connectivity index (χ0n) is 11.1. The Balaban J connectivity index is 2.18. The van der Waals surface area contributed by atoms with Crippen LogP contribution in [0.1, 0.15) is 30.7 Å². The van der Waals surface area contributed by atoms with Gasteiger partial charge in [-0.1, -0.05) is 30.3 Å². The Hall–Kier alpha value is -2.16. The summed E-state index contributed by atoms with van der Waals surface area (Å²) in [6, 6.07) is 13.5. The lowest BCUT2D eigenvalue weighted by Crippen LogP contribution is -2.28. The van der Waals surface area contributed by atoms with E-state index in [0.29, 0.717) is 0 Å². The first-order valence-corrected chi connectivity index (χ1v) is 6.23. The summed E-state index contributed by atoms with van der Waals surface area (Å²) in [5, 5.41) is 9.19. The van der Waals surface area contributed by atoms with Crippen LogP contribution in [-0.2, 0) is 16.6 Å². The van der Waals surface area contributed by atoms with E-state index in [2.05, 4.69) is 4.98 Å². The molecule has 19 heavy (non-hydrogen) atoms. The van der Waals surface area contributed by atoms with Crippen molar-refractivity contribution in [2.75, 3.05) is 0 Å². The number of aliphatic carboxylic acids is 1. The molecular formula is C16H17NO2. The molecule has 2 rings (SSSR count). The number of carbonyl (C=O) groups is 1. The lowest BCUT2D eigenvalue weighted by Gasteiger charge is -2.19. The molecule has 1 N–H and O–H groups in total. The summed E-state index contributed by atoms with van der Waals surface area (Å²) in [6.07, 6.45) is 2.53. The molecule has 1 aromatic carbocycles. The van der Waals surface area contributed by atoms with Crippen LogP contribution >= 0.6 is 0 Å². The Labute approximate surface area is 112 Å². The van der Waals surface area contributed by atoms with Crippen molar-refractivity contribution in [3.63, 3.8) is 0 Å². The van der Waals surface area contributed by atoms with E-state index in [9.17, 15) is 9.90 Å². The van der Waals surface area contributed by atoms with Gasteiger partial charge in [-0.05, 0) is 37.1 Å². The first-order chi connectivity index (χ1) is 9.00. The molecule has 0 saturated carbocycles. The van der Waals surface area contributed by atoms with Crippen LogP contribution in [0, 0.1) is 0 Å². The van der Waals surface area contributed by atoms with Gasteiger partial charge in [-0.25, -0.2) is 0 Å². The predicted molar refractivity (Wildman–Crippen MR) is 74.1 cm³/mol. The number of hydrogen-bond donors (Lipinski definition) is 1. The summed E-state index contributed by atoms with van der Waals surface area (Å²) in [6.45, 7) is 3.42. The molecule has 0 bridgehead atoms. The molecular weight excluding hydrogens is 238 g/mol. The molecule has 0 aliphatic carbocycles. The third kappa shape index (κ3) is 2.99. The number of carboxylic acid groups (broad SMARTS) is 1. The smallest absolute Gasteiger partial charge is 0.313 e. The van der Waals surface area contributed by atoms with Crippen molar-refractivity contribution < 1.29 is 9.90 Å². The highest BCUT2D eigenvalue weighted by molar-refractivity contribution is 5.80. The average molecular weight is 255 g/mol. The van der Waals surface area contributed by atoms with E-state index < -0.39 is 11.4 Å². The third-order valence-electron chi connectivity index (χ3n) is 3.32. The van der Waals surface area contributed by atoms with Crippen LogP contribution in [0.15, 0.2) is 48.7 Å². The van der Waals surface area contributed by atoms with Gasteiger partial charge in [0.1, 0.15) is 0 Å². The lowest BCUT2D eigenvalue weighted by atomic mass is 9.84. The van der Waals surface area contributed by atoms with Gasteiger partial charge in [-0.2, -0.15) is 0 Å². The molecule has 0 unspecified atom stereocenters. The van der Waals surface area contributed by atoms with Gasteiger partial charge in [0.15, 0.2) is 0 Å². The second-order valence-corrected chi connectivity index (χ2v) is 5.12. The monoisotopic (exact) mass is 255 g/mol. The minimum Gasteiger partial charge on any atom is -0.481 e. The first kappa shape index (κ1) is 13.3. The van der Waals surface area contributed by atoms with Gasteiger partial charge < -0.3 is 5.11 Å². The number of hydrogen-bond acceptors (Lipinski definition) is 2. The third-order valence-corrected chi connectivity index (χ3v) is 3.32. The first-order valence-electron chi connectivity index (χ1n) is 6.23. The average Bonchev–Trinajstić information content (AvgIpc) is 2.40. The standard InChI is InChI=1S/C16H17NO2/c1-16(2,15(18)19)13-8-6-12(7-9-13)11-14-5-3-4-10-17-14/h3-10H,11H2,1-2H3,(H,18,19). The van der Waals surface area contributed by atoms with Crippen LogP contribution < -0.4 is 0 Å². The molecule has 1 aromatic heterocycles. The van der Waals surface area contributed by atoms with Gasteiger partial charge >= 0.3 is 5.97 Å². The van der Waals surface area contributed by atoms with Gasteiger partial charge in [0, 0.05) is 18.3 Å². The predicted octanol–water partition coefficient (Wildman–Crippen LogP) is 3.03. The van der Waals surface area contributed by atoms with E-state index in [1.165, 1.54) is 0 Å². The highest BCUT2D eigenvalue weighted by Gasteiger charge is 2.28. The highest BCUT2D eigenvalue weighted by Crippen LogP contribution is 2.24. The molecule has 0 radical (unpaired) electrons. The van der Waals surface area contributed by atoms with E-state index in [4.69, 9.17) is 0 Å². The number of pyridine rings is 1. The zero-order chi connectivity index (χ0) is 13.9. The summed E-state index contributed by atoms with van der Waals surface area (Å²) in [5.74, 6) is -0.815. The van der Waals surface area contributed by atoms with Gasteiger partial charge in [-0.15, -0.1) is 0 Å². The fourth-order valence-electron chi connectivity index (χ4n) is 1.87. The highest BCUT2D eigenvalue weighted by atomic mass is 16.4. The summed E-state index contributed by atoms with van der Waals surface area (Å²) >= 11 is 0. The van der Waals surface area contributed by atoms with Crippen LogP contribution in [0.5, 0.6) is 0 Å². The minimum absolute atomic E-state index is 0.759. The molecule has 98 valence electrons. The van der Waals surface area contributed by atoms with Crippen LogP contribution in [0.25, 0.3) is 0 Å². The maximum Gasteiger partial charge on any atom is 0.313 e. The van der Waals surface area contributed by atoms with Crippen molar-refractivity contribution in [3.05, 3.63) is 65.5 Å². The molecule has 1 heterocycles. The van der Waals surface area contributed by atoms with Crippen molar-refractivity contribution >= 4 is 5.97 Å². The van der Waals surface area contributed by atoms with E-state index in [1.807, 2.05) is 42.5 Å². The van der Waals surface area contributed by atoms with Crippen LogP contribution in [0.3, 0.4) is 0 Å². The Morgan fingerprint density at radius 3 is 2.37 bits per heavy atom. The summed E-state index contributed by atoms with van der Waals surface area (Å²) in [4.78, 5) is 15.5. The van der Waals surface area contributed by atoms with E-state index in [1.54, 1.807) is 20.0 Å². The number of benzene rings is 1. The van der Waals surface area contributed by atoms with Gasteiger partial charge in [0.25, 0.3) is 0 Å². The summed E-state index contributed by atoms with van der Waals surface area (Å²) in [5.41, 5.74) is 2.09. The molecule has 0 aliphatic heterocycles. The summed E-state index contributed by atoms with van der Waals surface area (Å²) in [7, 11) is 0. The van der Waals surface area contributed by atoms with Crippen molar-refractivity contribution in [2.45, 2.75) is 25.7 Å². The van der Waals surface area contributed by atoms with Crippen LogP contribution in [0.2, 0.25) is 0 Å². The van der Waals surface area contributed by atoms with Crippen LogP contribution in [0.4, 0.5) is 0 Å². The van der Waals surface area contributed by atoms with Crippen molar-refractivity contribution in [2.24, 2.45) is 0 Å². The fourth-order valence-corrected chi connectivity index (χ4v) is 1.87. The molecule has 0 fully saturated rings. The normalized spacial score (nSPS) is 11.3. The van der Waals surface area contributed by atoms with Crippen molar-refractivity contribution in [1.29, 1.82) is 0 Å². The maximum atomic E-state index is 11.2. The quantitative estimate of drug-likeness (QED) is 0.913. The second kappa shape index (κ2) is 5.22. The van der Waals surface area contributed by atoms with E-state index in [-0.39, 0.29) is 0 Å². The molecule has 0 saturated heterocycles. The molecule has 2 aromatic rings. The lowest BCUT2D eigenvalue weighted by molar-refractivity contribution is -0.142. The van der Waals surface area contributed by atoms with Gasteiger partial charge in [0.05, 0.1) is 5.41 Å². The molecule has 0 spiro atoms. The second-order valence-electron chi connectivity index (χ2n) is 5.12. The summed E-state index contributed by atoms with van der Waals surface area (Å²) < 4.78 is 0. The van der Waals surface area contributed by atoms with Crippen LogP contribution in [-0.4, -0.2) is 16.1 Å². The largest absolute Gasteiger partial charge is 0.481 e. The van der Waals surface area contributed by atoms with Crippen molar-refractivity contribution in [1.82, 2.24) is 4.98 Å². The topological polar surface area (TPSA) is 50.2 Å². The van der Waals surface area contributed by atoms with Crippen molar-refractivity contribution in [3.8, 4) is 0 Å². The molecule has 3 heteroatoms. The SMILES string of the molecule is CC(C)(C(=O)O)c1ccc(Cc2ccccn2)cc1. The minimum atomic E-state index is -0.858. The fraction of sp³-hybridized carbons (Fsp3) is 0.250. The number of carboxylic acids is 1. The van der Waals surface area contributed by atoms with E-state index in [0.717, 1.165) is 23.2 Å². The molecule has 3 nitrogen and oxygen atoms in total. The number of rotatable bonds is 4. The molecule has 0 aliphatic rings. The van der Waals surface area contributed by atoms with E-state index >= 15 is 0 Å². The maximum absolute atomic E-state index is 11.2. The van der Waals surface area contributed by atoms with Gasteiger partial charge in [-0.3, -0.25) is 9.78 Å². The zero-order valence-corrected chi connectivity index (χ0v) is 11.1.